The molecule has 0 atom stereocenters. The molecular formula is C28H33N3O2. The van der Waals surface area contributed by atoms with Gasteiger partial charge in [0, 0.05) is 23.5 Å². The molecule has 4 aromatic rings. The fraction of sp³-hybridized carbons (Fsp3) is 0.357. The molecule has 0 spiro atoms. The van der Waals surface area contributed by atoms with Crippen LogP contribution in [-0.2, 0) is 19.4 Å². The Balaban J connectivity index is 1.69. The maximum Gasteiger partial charge on any atom is 0.236 e. The highest BCUT2D eigenvalue weighted by Gasteiger charge is 2.19. The molecule has 5 heteroatoms. The number of unbranched alkanes of at least 4 members (excludes halogenated alkanes) is 1. The number of para-hydroxylation sites is 1. The van der Waals surface area contributed by atoms with Gasteiger partial charge in [-0.05, 0) is 36.0 Å². The summed E-state index contributed by atoms with van der Waals surface area (Å²) < 4.78 is 12.4. The van der Waals surface area contributed by atoms with Crippen molar-refractivity contribution in [3.05, 3.63) is 83.3 Å². The summed E-state index contributed by atoms with van der Waals surface area (Å²) in [5.41, 5.74) is 5.06. The van der Waals surface area contributed by atoms with E-state index in [2.05, 4.69) is 62.3 Å². The summed E-state index contributed by atoms with van der Waals surface area (Å²) in [5.74, 6) is 1.66. The van der Waals surface area contributed by atoms with Gasteiger partial charge < -0.3 is 14.5 Å². The second kappa shape index (κ2) is 11.0. The summed E-state index contributed by atoms with van der Waals surface area (Å²) >= 11 is 0. The summed E-state index contributed by atoms with van der Waals surface area (Å²) in [7, 11) is 0. The van der Waals surface area contributed by atoms with Gasteiger partial charge in [0.05, 0.1) is 6.61 Å². The summed E-state index contributed by atoms with van der Waals surface area (Å²) in [6.45, 7) is 7.62. The maximum atomic E-state index is 6.22. The van der Waals surface area contributed by atoms with Crippen LogP contribution in [0.5, 0.6) is 11.8 Å². The van der Waals surface area contributed by atoms with Gasteiger partial charge >= 0.3 is 0 Å². The molecular weight excluding hydrogens is 410 g/mol. The average Bonchev–Trinajstić information content (AvgIpc) is 3.23. The summed E-state index contributed by atoms with van der Waals surface area (Å²) in [5, 5.41) is 1.19. The van der Waals surface area contributed by atoms with Crippen LogP contribution >= 0.6 is 0 Å². The molecule has 4 rings (SSSR count). The highest BCUT2D eigenvalue weighted by Crippen LogP contribution is 2.29. The Labute approximate surface area is 196 Å². The van der Waals surface area contributed by atoms with Crippen LogP contribution in [0.25, 0.3) is 10.9 Å². The van der Waals surface area contributed by atoms with Crippen molar-refractivity contribution in [3.63, 3.8) is 0 Å². The van der Waals surface area contributed by atoms with E-state index in [0.717, 1.165) is 41.7 Å². The molecule has 0 unspecified atom stereocenters. The highest BCUT2D eigenvalue weighted by molar-refractivity contribution is 5.83. The molecule has 0 saturated carbocycles. The van der Waals surface area contributed by atoms with Crippen LogP contribution in [0.2, 0.25) is 0 Å². The minimum atomic E-state index is 0.432. The lowest BCUT2D eigenvalue weighted by molar-refractivity contribution is 0.270. The Morgan fingerprint density at radius 3 is 2.39 bits per heavy atom. The van der Waals surface area contributed by atoms with Crippen LogP contribution < -0.4 is 9.47 Å². The largest absolute Gasteiger partial charge is 0.476 e. The second-order valence-electron chi connectivity index (χ2n) is 8.84. The zero-order chi connectivity index (χ0) is 23.0. The smallest absolute Gasteiger partial charge is 0.236 e. The molecule has 2 aromatic heterocycles. The van der Waals surface area contributed by atoms with Crippen molar-refractivity contribution in [1.29, 1.82) is 0 Å². The lowest BCUT2D eigenvalue weighted by atomic mass is 10.1. The number of rotatable bonds is 11. The molecule has 2 heterocycles. The molecule has 0 amide bonds. The molecule has 0 aliphatic carbocycles. The Kier molecular flexibility index (Phi) is 7.61. The highest BCUT2D eigenvalue weighted by atomic mass is 16.5. The molecule has 0 bridgehead atoms. The minimum absolute atomic E-state index is 0.432. The number of hydrogen-bond donors (Lipinski definition) is 1. The van der Waals surface area contributed by atoms with Crippen molar-refractivity contribution in [2.45, 2.75) is 53.1 Å². The second-order valence-corrected chi connectivity index (χ2v) is 8.84. The first-order valence-electron chi connectivity index (χ1n) is 11.9. The number of benzene rings is 2. The molecule has 33 heavy (non-hydrogen) atoms. The lowest BCUT2D eigenvalue weighted by Gasteiger charge is -2.16. The third-order valence-electron chi connectivity index (χ3n) is 5.56. The fourth-order valence-corrected chi connectivity index (χ4v) is 3.83. The Morgan fingerprint density at radius 1 is 0.879 bits per heavy atom. The zero-order valence-corrected chi connectivity index (χ0v) is 19.8. The zero-order valence-electron chi connectivity index (χ0n) is 19.8. The van der Waals surface area contributed by atoms with Crippen LogP contribution in [0.3, 0.4) is 0 Å². The number of hydrogen-bond acceptors (Lipinski definition) is 4. The number of fused-ring (bicyclic) bond motifs is 1. The predicted molar refractivity (Wildman–Crippen MR) is 133 cm³/mol. The van der Waals surface area contributed by atoms with E-state index in [-0.39, 0.29) is 0 Å². The van der Waals surface area contributed by atoms with Gasteiger partial charge in [-0.2, -0.15) is 0 Å². The first kappa shape index (κ1) is 22.8. The number of nitrogens with zero attached hydrogens (tertiary/aromatic N) is 2. The molecule has 0 fully saturated rings. The first-order chi connectivity index (χ1) is 16.1. The van der Waals surface area contributed by atoms with Crippen LogP contribution in [0.4, 0.5) is 0 Å². The van der Waals surface area contributed by atoms with Crippen LogP contribution in [0.1, 0.15) is 56.1 Å². The Bertz CT molecular complexity index is 1170. The number of aromatic nitrogens is 3. The van der Waals surface area contributed by atoms with Gasteiger partial charge in [-0.3, -0.25) is 0 Å². The van der Waals surface area contributed by atoms with E-state index < -0.39 is 0 Å². The third kappa shape index (κ3) is 5.92. The quantitative estimate of drug-likeness (QED) is 0.269. The summed E-state index contributed by atoms with van der Waals surface area (Å²) in [4.78, 5) is 13.3. The van der Waals surface area contributed by atoms with E-state index >= 15 is 0 Å². The molecule has 0 aliphatic heterocycles. The third-order valence-corrected chi connectivity index (χ3v) is 5.56. The van der Waals surface area contributed by atoms with Crippen molar-refractivity contribution in [2.24, 2.45) is 5.92 Å². The van der Waals surface area contributed by atoms with Crippen molar-refractivity contribution < 1.29 is 9.47 Å². The Hall–Kier alpha value is -3.34. The minimum Gasteiger partial charge on any atom is -0.476 e. The van der Waals surface area contributed by atoms with Crippen molar-refractivity contribution in [1.82, 2.24) is 15.0 Å². The van der Waals surface area contributed by atoms with Gasteiger partial charge in [0.1, 0.15) is 18.0 Å². The van der Waals surface area contributed by atoms with Gasteiger partial charge in [-0.15, -0.1) is 0 Å². The molecule has 0 saturated heterocycles. The van der Waals surface area contributed by atoms with Gasteiger partial charge in [0.2, 0.25) is 11.8 Å². The van der Waals surface area contributed by atoms with Crippen molar-refractivity contribution in [3.8, 4) is 11.8 Å². The lowest BCUT2D eigenvalue weighted by Crippen LogP contribution is -2.11. The van der Waals surface area contributed by atoms with Crippen LogP contribution in [0.15, 0.2) is 60.8 Å². The first-order valence-corrected chi connectivity index (χ1v) is 11.9. The van der Waals surface area contributed by atoms with Crippen molar-refractivity contribution in [2.75, 3.05) is 6.61 Å². The predicted octanol–water partition coefficient (Wildman–Crippen LogP) is 6.51. The monoisotopic (exact) mass is 443 g/mol. The molecule has 2 aromatic carbocycles. The van der Waals surface area contributed by atoms with E-state index in [0.29, 0.717) is 37.3 Å². The van der Waals surface area contributed by atoms with Crippen LogP contribution in [-0.4, -0.2) is 21.6 Å². The van der Waals surface area contributed by atoms with Gasteiger partial charge in [0.25, 0.3) is 0 Å². The number of aromatic amines is 1. The summed E-state index contributed by atoms with van der Waals surface area (Å²) in [6.07, 6.45) is 5.52. The van der Waals surface area contributed by atoms with E-state index in [1.807, 2.05) is 24.3 Å². The van der Waals surface area contributed by atoms with Crippen molar-refractivity contribution >= 4 is 10.9 Å². The maximum absolute atomic E-state index is 6.22. The number of ether oxygens (including phenoxy) is 2. The normalized spacial score (nSPS) is 11.3. The molecule has 1 N–H and O–H groups in total. The number of nitrogens with one attached hydrogen (secondary N) is 1. The standard InChI is InChI=1S/C28H33N3O2/c1-4-5-15-32-27-26(17-22-18-29-24-14-10-9-13-23(22)24)31-28(25(30-27)16-20(2)3)33-19-21-11-7-6-8-12-21/h6-14,18,20,29H,4-5,15-17,19H2,1-3H3. The van der Waals surface area contributed by atoms with E-state index in [1.54, 1.807) is 0 Å². The van der Waals surface area contributed by atoms with E-state index in [4.69, 9.17) is 19.4 Å². The number of H-pyrrole nitrogens is 1. The van der Waals surface area contributed by atoms with E-state index in [1.165, 1.54) is 10.9 Å². The van der Waals surface area contributed by atoms with E-state index in [9.17, 15) is 0 Å². The fourth-order valence-electron chi connectivity index (χ4n) is 3.83. The summed E-state index contributed by atoms with van der Waals surface area (Å²) in [6, 6.07) is 18.5. The molecule has 0 aliphatic rings. The average molecular weight is 444 g/mol. The SMILES string of the molecule is CCCCOc1nc(CC(C)C)c(OCc2ccccc2)nc1Cc1c[nH]c2ccccc12. The Morgan fingerprint density at radius 2 is 1.61 bits per heavy atom. The topological polar surface area (TPSA) is 60.0 Å². The van der Waals surface area contributed by atoms with Gasteiger partial charge in [-0.1, -0.05) is 75.7 Å². The van der Waals surface area contributed by atoms with Gasteiger partial charge in [0.15, 0.2) is 0 Å². The van der Waals surface area contributed by atoms with Crippen LogP contribution in [0, 0.1) is 5.92 Å². The molecule has 0 radical (unpaired) electrons. The molecule has 172 valence electrons. The molecule has 5 nitrogen and oxygen atoms in total. The van der Waals surface area contributed by atoms with Gasteiger partial charge in [-0.25, -0.2) is 9.97 Å².